The number of rotatable bonds is 4. The molecule has 154 valence electrons. The molecule has 0 aliphatic heterocycles. The van der Waals surface area contributed by atoms with E-state index in [9.17, 15) is 13.2 Å². The largest absolute Gasteiger partial charge is 0.497 e. The lowest BCUT2D eigenvalue weighted by Gasteiger charge is -2.12. The van der Waals surface area contributed by atoms with Gasteiger partial charge in [0.15, 0.2) is 0 Å². The van der Waals surface area contributed by atoms with E-state index in [2.05, 4.69) is 20.3 Å². The SMILES string of the molecule is COc1ccc(-c2csc3nc(C)nc(Nc4ncc(C(F)(F)F)cc4Cl)c23)cc1. The maximum atomic E-state index is 12.9. The normalized spacial score (nSPS) is 11.7. The van der Waals surface area contributed by atoms with Gasteiger partial charge in [0, 0.05) is 17.1 Å². The van der Waals surface area contributed by atoms with Crippen molar-refractivity contribution in [3.63, 3.8) is 0 Å². The van der Waals surface area contributed by atoms with E-state index in [0.717, 1.165) is 39.4 Å². The lowest BCUT2D eigenvalue weighted by atomic mass is 10.1. The highest BCUT2D eigenvalue weighted by Crippen LogP contribution is 2.39. The quantitative estimate of drug-likeness (QED) is 0.385. The first kappa shape index (κ1) is 20.4. The van der Waals surface area contributed by atoms with Crippen molar-refractivity contribution in [1.29, 1.82) is 0 Å². The van der Waals surface area contributed by atoms with Crippen LogP contribution in [-0.2, 0) is 6.18 Å². The molecule has 0 fully saturated rings. The first-order valence-corrected chi connectivity index (χ1v) is 9.92. The maximum Gasteiger partial charge on any atom is 0.417 e. The maximum absolute atomic E-state index is 12.9. The van der Waals surface area contributed by atoms with E-state index < -0.39 is 11.7 Å². The number of hydrogen-bond acceptors (Lipinski definition) is 6. The second-order valence-electron chi connectivity index (χ2n) is 6.35. The molecular weight excluding hydrogens is 437 g/mol. The molecule has 0 bridgehead atoms. The number of pyridine rings is 1. The summed E-state index contributed by atoms with van der Waals surface area (Å²) >= 11 is 7.50. The third-order valence-corrected chi connectivity index (χ3v) is 5.51. The summed E-state index contributed by atoms with van der Waals surface area (Å²) in [6, 6.07) is 8.34. The number of ether oxygens (including phenoxy) is 1. The van der Waals surface area contributed by atoms with Crippen molar-refractivity contribution in [2.24, 2.45) is 0 Å². The third-order valence-electron chi connectivity index (χ3n) is 4.35. The molecule has 0 atom stereocenters. The lowest BCUT2D eigenvalue weighted by molar-refractivity contribution is -0.137. The second kappa shape index (κ2) is 7.73. The van der Waals surface area contributed by atoms with Crippen molar-refractivity contribution in [3.05, 3.63) is 58.3 Å². The number of nitrogens with zero attached hydrogens (tertiary/aromatic N) is 3. The van der Waals surface area contributed by atoms with E-state index in [-0.39, 0.29) is 10.8 Å². The number of nitrogens with one attached hydrogen (secondary N) is 1. The van der Waals surface area contributed by atoms with Gasteiger partial charge in [0.2, 0.25) is 0 Å². The van der Waals surface area contributed by atoms with E-state index >= 15 is 0 Å². The average Bonchev–Trinajstić information content (AvgIpc) is 3.12. The van der Waals surface area contributed by atoms with Crippen molar-refractivity contribution in [3.8, 4) is 16.9 Å². The van der Waals surface area contributed by atoms with Gasteiger partial charge < -0.3 is 10.1 Å². The predicted molar refractivity (Wildman–Crippen MR) is 112 cm³/mol. The van der Waals surface area contributed by atoms with Crippen LogP contribution in [0.3, 0.4) is 0 Å². The van der Waals surface area contributed by atoms with Crippen LogP contribution in [0.15, 0.2) is 41.9 Å². The highest BCUT2D eigenvalue weighted by atomic mass is 35.5. The fourth-order valence-electron chi connectivity index (χ4n) is 2.92. The van der Waals surface area contributed by atoms with Crippen molar-refractivity contribution in [1.82, 2.24) is 15.0 Å². The van der Waals surface area contributed by atoms with Gasteiger partial charge in [0.05, 0.1) is 23.1 Å². The number of thiophene rings is 1. The Kier molecular flexibility index (Phi) is 5.25. The average molecular weight is 451 g/mol. The summed E-state index contributed by atoms with van der Waals surface area (Å²) in [6.07, 6.45) is -3.79. The molecule has 4 aromatic rings. The summed E-state index contributed by atoms with van der Waals surface area (Å²) < 4.78 is 43.9. The molecule has 0 saturated carbocycles. The van der Waals surface area contributed by atoms with E-state index in [1.54, 1.807) is 14.0 Å². The number of alkyl halides is 3. The fraction of sp³-hybridized carbons (Fsp3) is 0.150. The van der Waals surface area contributed by atoms with Crippen molar-refractivity contribution < 1.29 is 17.9 Å². The number of aryl methyl sites for hydroxylation is 1. The first-order chi connectivity index (χ1) is 14.3. The number of methoxy groups -OCH3 is 1. The number of fused-ring (bicyclic) bond motifs is 1. The Balaban J connectivity index is 1.80. The van der Waals surface area contributed by atoms with Gasteiger partial charge in [-0.3, -0.25) is 0 Å². The topological polar surface area (TPSA) is 59.9 Å². The summed E-state index contributed by atoms with van der Waals surface area (Å²) in [5.74, 6) is 1.73. The number of aromatic nitrogens is 3. The molecule has 0 saturated heterocycles. The van der Waals surface area contributed by atoms with Crippen LogP contribution in [0.1, 0.15) is 11.4 Å². The van der Waals surface area contributed by atoms with Gasteiger partial charge in [0.1, 0.15) is 28.0 Å². The number of anilines is 2. The summed E-state index contributed by atoms with van der Waals surface area (Å²) in [4.78, 5) is 13.5. The van der Waals surface area contributed by atoms with E-state index in [1.807, 2.05) is 29.6 Å². The van der Waals surface area contributed by atoms with Gasteiger partial charge >= 0.3 is 6.18 Å². The Morgan fingerprint density at radius 1 is 1.10 bits per heavy atom. The van der Waals surface area contributed by atoms with Crippen LogP contribution >= 0.6 is 22.9 Å². The Morgan fingerprint density at radius 2 is 1.83 bits per heavy atom. The smallest absolute Gasteiger partial charge is 0.417 e. The molecule has 4 rings (SSSR count). The van der Waals surface area contributed by atoms with E-state index in [0.29, 0.717) is 11.6 Å². The zero-order valence-corrected chi connectivity index (χ0v) is 17.3. The van der Waals surface area contributed by atoms with Crippen LogP contribution in [0.4, 0.5) is 24.8 Å². The third kappa shape index (κ3) is 3.90. The Hall–Kier alpha value is -2.91. The number of hydrogen-bond donors (Lipinski definition) is 1. The lowest BCUT2D eigenvalue weighted by Crippen LogP contribution is -2.07. The minimum atomic E-state index is -4.52. The summed E-state index contributed by atoms with van der Waals surface area (Å²) in [5.41, 5.74) is 0.878. The molecule has 5 nitrogen and oxygen atoms in total. The van der Waals surface area contributed by atoms with Crippen molar-refractivity contribution >= 4 is 44.8 Å². The summed E-state index contributed by atoms with van der Waals surface area (Å²) in [5, 5.41) is 5.50. The number of halogens is 4. The summed E-state index contributed by atoms with van der Waals surface area (Å²) in [6.45, 7) is 1.74. The molecule has 0 aliphatic rings. The zero-order chi connectivity index (χ0) is 21.5. The Bertz CT molecular complexity index is 1230. The Labute approximate surface area is 178 Å². The van der Waals surface area contributed by atoms with Gasteiger partial charge in [-0.05, 0) is 30.7 Å². The minimum absolute atomic E-state index is 0.0796. The summed E-state index contributed by atoms with van der Waals surface area (Å²) in [7, 11) is 1.59. The van der Waals surface area contributed by atoms with E-state index in [1.165, 1.54) is 11.3 Å². The highest BCUT2D eigenvalue weighted by Gasteiger charge is 2.31. The van der Waals surface area contributed by atoms with Crippen molar-refractivity contribution in [2.75, 3.05) is 12.4 Å². The first-order valence-electron chi connectivity index (χ1n) is 8.66. The van der Waals surface area contributed by atoms with Crippen LogP contribution in [0, 0.1) is 6.92 Å². The van der Waals surface area contributed by atoms with Gasteiger partial charge in [-0.25, -0.2) is 15.0 Å². The Morgan fingerprint density at radius 3 is 2.47 bits per heavy atom. The molecule has 30 heavy (non-hydrogen) atoms. The van der Waals surface area contributed by atoms with Gasteiger partial charge in [-0.15, -0.1) is 11.3 Å². The molecule has 3 heterocycles. The van der Waals surface area contributed by atoms with Crippen LogP contribution in [0.2, 0.25) is 5.02 Å². The van der Waals surface area contributed by atoms with E-state index in [4.69, 9.17) is 16.3 Å². The molecule has 0 radical (unpaired) electrons. The molecule has 0 amide bonds. The molecule has 0 aliphatic carbocycles. The molecule has 0 spiro atoms. The van der Waals surface area contributed by atoms with Gasteiger partial charge in [-0.1, -0.05) is 23.7 Å². The number of benzene rings is 1. The predicted octanol–water partition coefficient (Wildman–Crippen LogP) is 6.49. The highest BCUT2D eigenvalue weighted by molar-refractivity contribution is 7.17. The fourth-order valence-corrected chi connectivity index (χ4v) is 4.13. The van der Waals surface area contributed by atoms with Crippen LogP contribution in [0.5, 0.6) is 5.75 Å². The molecule has 1 aromatic carbocycles. The van der Waals surface area contributed by atoms with Crippen LogP contribution < -0.4 is 10.1 Å². The van der Waals surface area contributed by atoms with Crippen LogP contribution in [-0.4, -0.2) is 22.1 Å². The van der Waals surface area contributed by atoms with Gasteiger partial charge in [-0.2, -0.15) is 13.2 Å². The molecule has 10 heteroatoms. The van der Waals surface area contributed by atoms with Gasteiger partial charge in [0.25, 0.3) is 0 Å². The molecule has 3 aromatic heterocycles. The van der Waals surface area contributed by atoms with Crippen molar-refractivity contribution in [2.45, 2.75) is 13.1 Å². The standard InChI is InChI=1S/C20H14ClF3N4OS/c1-10-26-18(28-17-15(21)7-12(8-25-17)20(22,23)24)16-14(9-30-19(16)27-10)11-3-5-13(29-2)6-4-11/h3-9H,1-2H3,(H,25,26,27,28). The van der Waals surface area contributed by atoms with Crippen LogP contribution in [0.25, 0.3) is 21.3 Å². The monoisotopic (exact) mass is 450 g/mol. The molecular formula is C20H14ClF3N4OS. The molecule has 0 unspecified atom stereocenters. The second-order valence-corrected chi connectivity index (χ2v) is 7.62. The molecule has 1 N–H and O–H groups in total. The zero-order valence-electron chi connectivity index (χ0n) is 15.7. The minimum Gasteiger partial charge on any atom is -0.497 e.